The molecule has 0 atom stereocenters. The van der Waals surface area contributed by atoms with E-state index < -0.39 is 4.92 Å². The molecule has 1 aliphatic rings. The van der Waals surface area contributed by atoms with Crippen molar-refractivity contribution in [3.8, 4) is 0 Å². The SMILES string of the molecule is O=C(CN1CCOCC1)Nc1c(Cl)cc([N+](=O)[O-])cc1Cl. The van der Waals surface area contributed by atoms with E-state index in [1.807, 2.05) is 4.90 Å². The van der Waals surface area contributed by atoms with Gasteiger partial charge >= 0.3 is 0 Å². The smallest absolute Gasteiger partial charge is 0.272 e. The van der Waals surface area contributed by atoms with Gasteiger partial charge in [0.2, 0.25) is 5.91 Å². The number of ether oxygens (including phenoxy) is 1. The summed E-state index contributed by atoms with van der Waals surface area (Å²) in [5.41, 5.74) is -0.0432. The fourth-order valence-electron chi connectivity index (χ4n) is 1.93. The van der Waals surface area contributed by atoms with Crippen LogP contribution >= 0.6 is 23.2 Å². The summed E-state index contributed by atoms with van der Waals surface area (Å²) >= 11 is 11.9. The molecular weight excluding hydrogens is 321 g/mol. The topological polar surface area (TPSA) is 84.7 Å². The second-order valence-electron chi connectivity index (χ2n) is 4.48. The monoisotopic (exact) mass is 333 g/mol. The molecule has 0 radical (unpaired) electrons. The summed E-state index contributed by atoms with van der Waals surface area (Å²) in [6.07, 6.45) is 0. The average Bonchev–Trinajstić information content (AvgIpc) is 2.43. The van der Waals surface area contributed by atoms with Crippen LogP contribution in [-0.2, 0) is 9.53 Å². The molecule has 1 aliphatic heterocycles. The Hall–Kier alpha value is -1.41. The second-order valence-corrected chi connectivity index (χ2v) is 5.29. The van der Waals surface area contributed by atoms with E-state index in [2.05, 4.69) is 5.32 Å². The van der Waals surface area contributed by atoms with E-state index >= 15 is 0 Å². The molecule has 1 saturated heterocycles. The van der Waals surface area contributed by atoms with Gasteiger partial charge in [-0.1, -0.05) is 23.2 Å². The molecule has 1 N–H and O–H groups in total. The number of benzene rings is 1. The molecule has 114 valence electrons. The lowest BCUT2D eigenvalue weighted by molar-refractivity contribution is -0.384. The van der Waals surface area contributed by atoms with Crippen molar-refractivity contribution in [2.45, 2.75) is 0 Å². The first-order valence-electron chi connectivity index (χ1n) is 6.21. The number of hydrogen-bond donors (Lipinski definition) is 1. The minimum atomic E-state index is -0.600. The standard InChI is InChI=1S/C12H13Cl2N3O4/c13-9-5-8(17(19)20)6-10(14)12(9)15-11(18)7-16-1-3-21-4-2-16/h5-6H,1-4,7H2,(H,15,18). The molecule has 0 aliphatic carbocycles. The highest BCUT2D eigenvalue weighted by molar-refractivity contribution is 6.40. The highest BCUT2D eigenvalue weighted by Crippen LogP contribution is 2.34. The lowest BCUT2D eigenvalue weighted by atomic mass is 10.2. The molecule has 0 aromatic heterocycles. The number of nitrogens with zero attached hydrogens (tertiary/aromatic N) is 2. The number of carbonyl (C=O) groups excluding carboxylic acids is 1. The average molecular weight is 334 g/mol. The first-order chi connectivity index (χ1) is 9.97. The number of hydrogen-bond acceptors (Lipinski definition) is 5. The van der Waals surface area contributed by atoms with E-state index in [0.717, 1.165) is 12.1 Å². The van der Waals surface area contributed by atoms with Gasteiger partial charge in [0.25, 0.3) is 5.69 Å². The third kappa shape index (κ3) is 4.28. The number of amides is 1. The summed E-state index contributed by atoms with van der Waals surface area (Å²) in [6.45, 7) is 2.72. The summed E-state index contributed by atoms with van der Waals surface area (Å²) in [5, 5.41) is 13.3. The molecule has 2 rings (SSSR count). The molecule has 0 bridgehead atoms. The molecule has 1 aromatic carbocycles. The van der Waals surface area contributed by atoms with Crippen LogP contribution in [0.2, 0.25) is 10.0 Å². The number of non-ortho nitro benzene ring substituents is 1. The second kappa shape index (κ2) is 7.04. The van der Waals surface area contributed by atoms with Crippen molar-refractivity contribution in [2.75, 3.05) is 38.2 Å². The van der Waals surface area contributed by atoms with Crippen LogP contribution in [-0.4, -0.2) is 48.6 Å². The van der Waals surface area contributed by atoms with Gasteiger partial charge in [0, 0.05) is 25.2 Å². The quantitative estimate of drug-likeness (QED) is 0.674. The predicted octanol–water partition coefficient (Wildman–Crippen LogP) is 2.17. The van der Waals surface area contributed by atoms with Crippen LogP contribution < -0.4 is 5.32 Å². The van der Waals surface area contributed by atoms with Crippen molar-refractivity contribution in [3.63, 3.8) is 0 Å². The van der Waals surface area contributed by atoms with Gasteiger partial charge in [-0.15, -0.1) is 0 Å². The summed E-state index contributed by atoms with van der Waals surface area (Å²) in [5.74, 6) is -0.283. The van der Waals surface area contributed by atoms with Crippen molar-refractivity contribution in [1.29, 1.82) is 0 Å². The maximum atomic E-state index is 12.0. The third-order valence-electron chi connectivity index (χ3n) is 2.97. The zero-order chi connectivity index (χ0) is 15.4. The zero-order valence-electron chi connectivity index (χ0n) is 11.0. The number of halogens is 2. The maximum Gasteiger partial charge on any atom is 0.272 e. The number of morpholine rings is 1. The van der Waals surface area contributed by atoms with Crippen LogP contribution in [0.1, 0.15) is 0 Å². The van der Waals surface area contributed by atoms with Crippen LogP contribution in [0, 0.1) is 10.1 Å². The van der Waals surface area contributed by atoms with Gasteiger partial charge in [-0.25, -0.2) is 0 Å². The van der Waals surface area contributed by atoms with Crippen molar-refractivity contribution in [3.05, 3.63) is 32.3 Å². The minimum absolute atomic E-state index is 0.0320. The predicted molar refractivity (Wildman–Crippen MR) is 79.0 cm³/mol. The van der Waals surface area contributed by atoms with Gasteiger partial charge in [-0.3, -0.25) is 19.8 Å². The van der Waals surface area contributed by atoms with E-state index in [4.69, 9.17) is 27.9 Å². The fraction of sp³-hybridized carbons (Fsp3) is 0.417. The third-order valence-corrected chi connectivity index (χ3v) is 3.57. The number of anilines is 1. The van der Waals surface area contributed by atoms with Crippen molar-refractivity contribution < 1.29 is 14.5 Å². The molecule has 9 heteroatoms. The highest BCUT2D eigenvalue weighted by Gasteiger charge is 2.18. The van der Waals surface area contributed by atoms with Gasteiger partial charge in [-0.2, -0.15) is 0 Å². The summed E-state index contributed by atoms with van der Waals surface area (Å²) in [7, 11) is 0. The molecular formula is C12H13Cl2N3O4. The van der Waals surface area contributed by atoms with E-state index in [1.165, 1.54) is 0 Å². The van der Waals surface area contributed by atoms with Crippen LogP contribution in [0.3, 0.4) is 0 Å². The number of nitrogens with one attached hydrogen (secondary N) is 1. The zero-order valence-corrected chi connectivity index (χ0v) is 12.5. The Morgan fingerprint density at radius 1 is 1.33 bits per heavy atom. The van der Waals surface area contributed by atoms with Crippen molar-refractivity contribution >= 4 is 40.5 Å². The normalized spacial score (nSPS) is 15.7. The van der Waals surface area contributed by atoms with Gasteiger partial charge in [-0.05, 0) is 0 Å². The number of nitro benzene ring substituents is 1. The minimum Gasteiger partial charge on any atom is -0.379 e. The molecule has 1 fully saturated rings. The Labute approximate surface area is 130 Å². The molecule has 1 aromatic rings. The Morgan fingerprint density at radius 3 is 2.43 bits per heavy atom. The molecule has 1 heterocycles. The van der Waals surface area contributed by atoms with E-state index in [0.29, 0.717) is 26.3 Å². The van der Waals surface area contributed by atoms with E-state index in [9.17, 15) is 14.9 Å². The lowest BCUT2D eigenvalue weighted by Crippen LogP contribution is -2.41. The van der Waals surface area contributed by atoms with Crippen LogP contribution in [0.15, 0.2) is 12.1 Å². The molecule has 0 saturated carbocycles. The van der Waals surface area contributed by atoms with Gasteiger partial charge in [0.15, 0.2) is 0 Å². The van der Waals surface area contributed by atoms with E-state index in [1.54, 1.807) is 0 Å². The highest BCUT2D eigenvalue weighted by atomic mass is 35.5. The Morgan fingerprint density at radius 2 is 1.90 bits per heavy atom. The summed E-state index contributed by atoms with van der Waals surface area (Å²) in [4.78, 5) is 24.0. The van der Waals surface area contributed by atoms with Crippen molar-refractivity contribution in [2.24, 2.45) is 0 Å². The maximum absolute atomic E-state index is 12.0. The largest absolute Gasteiger partial charge is 0.379 e. The molecule has 0 spiro atoms. The van der Waals surface area contributed by atoms with Gasteiger partial charge in [0.1, 0.15) is 0 Å². The first kappa shape index (κ1) is 16.0. The molecule has 0 unspecified atom stereocenters. The Bertz CT molecular complexity index is 538. The summed E-state index contributed by atoms with van der Waals surface area (Å²) in [6, 6.07) is 2.30. The molecule has 7 nitrogen and oxygen atoms in total. The van der Waals surface area contributed by atoms with Crippen molar-refractivity contribution in [1.82, 2.24) is 4.90 Å². The van der Waals surface area contributed by atoms with Crippen LogP contribution in [0.25, 0.3) is 0 Å². The lowest BCUT2D eigenvalue weighted by Gasteiger charge is -2.25. The number of nitro groups is 1. The van der Waals surface area contributed by atoms with Gasteiger partial charge < -0.3 is 10.1 Å². The first-order valence-corrected chi connectivity index (χ1v) is 6.96. The number of rotatable bonds is 4. The number of carbonyl (C=O) groups is 1. The molecule has 1 amide bonds. The van der Waals surface area contributed by atoms with Gasteiger partial charge in [0.05, 0.1) is 40.4 Å². The van der Waals surface area contributed by atoms with Crippen LogP contribution in [0.4, 0.5) is 11.4 Å². The Balaban J connectivity index is 2.04. The Kier molecular flexibility index (Phi) is 5.35. The molecule has 21 heavy (non-hydrogen) atoms. The van der Waals surface area contributed by atoms with Crippen LogP contribution in [0.5, 0.6) is 0 Å². The van der Waals surface area contributed by atoms with E-state index in [-0.39, 0.29) is 33.9 Å². The fourth-order valence-corrected chi connectivity index (χ4v) is 2.50. The summed E-state index contributed by atoms with van der Waals surface area (Å²) < 4.78 is 5.19.